The topological polar surface area (TPSA) is 44.2 Å². The second-order valence-corrected chi connectivity index (χ2v) is 7.96. The molecule has 2 aliphatic rings. The average molecular weight is 326 g/mol. The highest BCUT2D eigenvalue weighted by Crippen LogP contribution is 2.47. The first-order chi connectivity index (χ1) is 11.6. The van der Waals surface area contributed by atoms with Gasteiger partial charge in [0, 0.05) is 13.0 Å². The molecule has 1 spiro atoms. The van der Waals surface area contributed by atoms with Crippen LogP contribution in [0.2, 0.25) is 0 Å². The maximum atomic E-state index is 11.8. The number of ketones is 1. The number of benzene rings is 1. The predicted molar refractivity (Wildman–Crippen MR) is 98.4 cm³/mol. The molecule has 3 heteroatoms. The number of piperidine rings is 1. The van der Waals surface area contributed by atoms with Crippen molar-refractivity contribution in [1.82, 2.24) is 4.90 Å². The molecule has 1 saturated carbocycles. The van der Waals surface area contributed by atoms with E-state index in [0.29, 0.717) is 17.8 Å². The molecule has 0 bridgehead atoms. The molecule has 1 aliphatic carbocycles. The smallest absolute Gasteiger partial charge is 0.176 e. The van der Waals surface area contributed by atoms with Gasteiger partial charge in [-0.1, -0.05) is 30.3 Å². The first kappa shape index (κ1) is 17.3. The molecule has 3 nitrogen and oxygen atoms in total. The van der Waals surface area contributed by atoms with Crippen molar-refractivity contribution in [3.05, 3.63) is 35.9 Å². The van der Waals surface area contributed by atoms with Gasteiger partial charge in [-0.15, -0.1) is 0 Å². The fourth-order valence-electron chi connectivity index (χ4n) is 4.44. The molecule has 0 radical (unpaired) electrons. The van der Waals surface area contributed by atoms with Gasteiger partial charge in [0.1, 0.15) is 0 Å². The van der Waals surface area contributed by atoms with Gasteiger partial charge in [0.05, 0.1) is 5.71 Å². The molecule has 2 fully saturated rings. The maximum Gasteiger partial charge on any atom is 0.176 e. The highest BCUT2D eigenvalue weighted by molar-refractivity contribution is 6.37. The van der Waals surface area contributed by atoms with Crippen LogP contribution in [0.4, 0.5) is 0 Å². The van der Waals surface area contributed by atoms with Gasteiger partial charge >= 0.3 is 0 Å². The maximum absolute atomic E-state index is 11.8. The van der Waals surface area contributed by atoms with Crippen LogP contribution in [-0.2, 0) is 11.3 Å². The number of rotatable bonds is 5. The number of nitrogens with one attached hydrogen (secondary N) is 1. The van der Waals surface area contributed by atoms with Crippen LogP contribution in [0, 0.1) is 16.7 Å². The summed E-state index contributed by atoms with van der Waals surface area (Å²) in [5.74, 6) is 0.569. The van der Waals surface area contributed by atoms with Gasteiger partial charge in [0.25, 0.3) is 0 Å². The van der Waals surface area contributed by atoms with E-state index >= 15 is 0 Å². The van der Waals surface area contributed by atoms with Crippen LogP contribution in [0.15, 0.2) is 30.3 Å². The van der Waals surface area contributed by atoms with Crippen LogP contribution in [0.3, 0.4) is 0 Å². The Morgan fingerprint density at radius 1 is 1.12 bits per heavy atom. The van der Waals surface area contributed by atoms with E-state index in [-0.39, 0.29) is 11.5 Å². The molecule has 1 aromatic carbocycles. The molecule has 1 aliphatic heterocycles. The molecular formula is C21H30N2O. The van der Waals surface area contributed by atoms with E-state index in [1.165, 1.54) is 57.2 Å². The molecule has 24 heavy (non-hydrogen) atoms. The first-order valence-corrected chi connectivity index (χ1v) is 9.41. The molecule has 0 atom stereocenters. The van der Waals surface area contributed by atoms with Gasteiger partial charge in [0.15, 0.2) is 5.78 Å². The lowest BCUT2D eigenvalue weighted by Crippen LogP contribution is -2.41. The summed E-state index contributed by atoms with van der Waals surface area (Å²) >= 11 is 0. The normalized spacial score (nSPS) is 21.7. The zero-order chi connectivity index (χ0) is 17.0. The second-order valence-electron chi connectivity index (χ2n) is 7.96. The number of likely N-dealkylation sites (tertiary alicyclic amines) is 1. The number of nitrogens with zero attached hydrogens (tertiary/aromatic N) is 1. The third-order valence-electron chi connectivity index (χ3n) is 6.22. The quantitative estimate of drug-likeness (QED) is 0.812. The first-order valence-electron chi connectivity index (χ1n) is 9.41. The molecule has 3 rings (SSSR count). The lowest BCUT2D eigenvalue weighted by Gasteiger charge is -2.46. The lowest BCUT2D eigenvalue weighted by atomic mass is 9.65. The SMILES string of the molecule is CC(=N)C(=O)CC1CCC2(CC1)CCN(Cc1ccccc1)CC2. The van der Waals surface area contributed by atoms with E-state index in [0.717, 1.165) is 6.54 Å². The molecule has 0 unspecified atom stereocenters. The van der Waals surface area contributed by atoms with Crippen molar-refractivity contribution in [3.8, 4) is 0 Å². The minimum Gasteiger partial charge on any atom is -0.302 e. The summed E-state index contributed by atoms with van der Waals surface area (Å²) in [6, 6.07) is 10.8. The van der Waals surface area contributed by atoms with Crippen LogP contribution in [0.1, 0.15) is 57.4 Å². The molecule has 0 amide bonds. The van der Waals surface area contributed by atoms with Crippen LogP contribution < -0.4 is 0 Å². The Labute approximate surface area is 146 Å². The fraction of sp³-hybridized carbons (Fsp3) is 0.619. The molecular weight excluding hydrogens is 296 g/mol. The van der Waals surface area contributed by atoms with Crippen molar-refractivity contribution >= 4 is 11.5 Å². The molecule has 0 aromatic heterocycles. The molecule has 130 valence electrons. The molecule has 1 saturated heterocycles. The Morgan fingerprint density at radius 2 is 1.75 bits per heavy atom. The largest absolute Gasteiger partial charge is 0.302 e. The number of carbonyl (C=O) groups is 1. The van der Waals surface area contributed by atoms with E-state index < -0.39 is 0 Å². The van der Waals surface area contributed by atoms with Crippen molar-refractivity contribution in [2.45, 2.75) is 58.4 Å². The Kier molecular flexibility index (Phi) is 5.50. The predicted octanol–water partition coefficient (Wildman–Crippen LogP) is 4.46. The monoisotopic (exact) mass is 326 g/mol. The average Bonchev–Trinajstić information content (AvgIpc) is 2.60. The van der Waals surface area contributed by atoms with Gasteiger partial charge in [-0.2, -0.15) is 0 Å². The summed E-state index contributed by atoms with van der Waals surface area (Å²) in [4.78, 5) is 14.4. The zero-order valence-corrected chi connectivity index (χ0v) is 14.9. The second kappa shape index (κ2) is 7.60. The van der Waals surface area contributed by atoms with Crippen LogP contribution in [0.25, 0.3) is 0 Å². The third-order valence-corrected chi connectivity index (χ3v) is 6.22. The Morgan fingerprint density at radius 3 is 2.33 bits per heavy atom. The van der Waals surface area contributed by atoms with Gasteiger partial charge in [-0.25, -0.2) is 0 Å². The van der Waals surface area contributed by atoms with Gasteiger partial charge in [0.2, 0.25) is 0 Å². The number of carbonyl (C=O) groups excluding carboxylic acids is 1. The Bertz CT molecular complexity index is 563. The summed E-state index contributed by atoms with van der Waals surface area (Å²) in [6.45, 7) is 5.11. The van der Waals surface area contributed by atoms with Crippen LogP contribution in [-0.4, -0.2) is 29.5 Å². The van der Waals surface area contributed by atoms with E-state index in [4.69, 9.17) is 5.41 Å². The van der Waals surface area contributed by atoms with Crippen molar-refractivity contribution in [3.63, 3.8) is 0 Å². The minimum atomic E-state index is 0.0497. The van der Waals surface area contributed by atoms with Crippen molar-refractivity contribution in [2.75, 3.05) is 13.1 Å². The van der Waals surface area contributed by atoms with Gasteiger partial charge in [-0.3, -0.25) is 9.69 Å². The van der Waals surface area contributed by atoms with Crippen LogP contribution >= 0.6 is 0 Å². The van der Waals surface area contributed by atoms with E-state index in [2.05, 4.69) is 35.2 Å². The van der Waals surface area contributed by atoms with E-state index in [1.807, 2.05) is 0 Å². The molecule has 1 N–H and O–H groups in total. The molecule has 1 heterocycles. The number of Topliss-reactive ketones (excluding diaryl/α,β-unsaturated/α-hetero) is 1. The summed E-state index contributed by atoms with van der Waals surface area (Å²) in [7, 11) is 0. The van der Waals surface area contributed by atoms with Crippen LogP contribution in [0.5, 0.6) is 0 Å². The Hall–Kier alpha value is -1.48. The van der Waals surface area contributed by atoms with Crippen molar-refractivity contribution in [1.29, 1.82) is 5.41 Å². The minimum absolute atomic E-state index is 0.0497. The summed E-state index contributed by atoms with van der Waals surface area (Å²) in [5, 5.41) is 7.47. The highest BCUT2D eigenvalue weighted by Gasteiger charge is 2.38. The fourth-order valence-corrected chi connectivity index (χ4v) is 4.44. The highest BCUT2D eigenvalue weighted by atomic mass is 16.1. The third kappa shape index (κ3) is 4.32. The van der Waals surface area contributed by atoms with E-state index in [1.54, 1.807) is 6.92 Å². The van der Waals surface area contributed by atoms with Crippen molar-refractivity contribution in [2.24, 2.45) is 11.3 Å². The Balaban J connectivity index is 1.45. The summed E-state index contributed by atoms with van der Waals surface area (Å²) in [5.41, 5.74) is 2.18. The number of hydrogen-bond acceptors (Lipinski definition) is 3. The lowest BCUT2D eigenvalue weighted by molar-refractivity contribution is -0.114. The molecule has 1 aromatic rings. The summed E-state index contributed by atoms with van der Waals surface area (Å²) < 4.78 is 0. The van der Waals surface area contributed by atoms with Gasteiger partial charge in [-0.05, 0) is 75.4 Å². The van der Waals surface area contributed by atoms with E-state index in [9.17, 15) is 4.79 Å². The summed E-state index contributed by atoms with van der Waals surface area (Å²) in [6.07, 6.45) is 8.14. The van der Waals surface area contributed by atoms with Gasteiger partial charge < -0.3 is 5.41 Å². The standard InChI is InChI=1S/C21H30N2O/c1-17(22)20(24)15-18-7-9-21(10-8-18)11-13-23(14-12-21)16-19-5-3-2-4-6-19/h2-6,18,22H,7-16H2,1H3. The zero-order valence-electron chi connectivity index (χ0n) is 14.9. The van der Waals surface area contributed by atoms with Crippen molar-refractivity contribution < 1.29 is 4.79 Å². The number of hydrogen-bond donors (Lipinski definition) is 1.